The topological polar surface area (TPSA) is 108 Å². The number of hydrogen-bond acceptors (Lipinski definition) is 6. The average Bonchev–Trinajstić information content (AvgIpc) is 3.07. The highest BCUT2D eigenvalue weighted by Gasteiger charge is 2.12. The van der Waals surface area contributed by atoms with E-state index < -0.39 is 10.0 Å². The molecule has 0 unspecified atom stereocenters. The summed E-state index contributed by atoms with van der Waals surface area (Å²) in [6, 6.07) is 12.4. The molecule has 0 radical (unpaired) electrons. The van der Waals surface area contributed by atoms with Crippen LogP contribution in [0.5, 0.6) is 5.75 Å². The molecule has 10 heteroatoms. The zero-order chi connectivity index (χ0) is 22.4. The van der Waals surface area contributed by atoms with Crippen molar-refractivity contribution in [2.75, 3.05) is 18.9 Å². The van der Waals surface area contributed by atoms with Gasteiger partial charge in [-0.15, -0.1) is 5.10 Å². The summed E-state index contributed by atoms with van der Waals surface area (Å²) in [5, 5.41) is 8.65. The van der Waals surface area contributed by atoms with Crippen molar-refractivity contribution in [3.63, 3.8) is 0 Å². The first kappa shape index (κ1) is 22.7. The van der Waals surface area contributed by atoms with E-state index in [0.717, 1.165) is 17.8 Å². The van der Waals surface area contributed by atoms with Crippen LogP contribution >= 0.6 is 0 Å². The molecule has 2 heterocycles. The Morgan fingerprint density at radius 2 is 1.81 bits per heavy atom. The molecule has 0 saturated carbocycles. The molecule has 2 aromatic heterocycles. The molecule has 0 atom stereocenters. The monoisotopic (exact) mass is 445 g/mol. The van der Waals surface area contributed by atoms with E-state index in [1.807, 2.05) is 44.2 Å². The molecule has 3 aromatic rings. The number of sulfonamides is 1. The molecule has 0 bridgehead atoms. The second kappa shape index (κ2) is 9.88. The molecule has 0 amide bonds. The summed E-state index contributed by atoms with van der Waals surface area (Å²) in [6.45, 7) is 6.01. The standard InChI is InChI=1S/C21H27N5O4S/c1-4-18-5-7-19(8-6-18)30-13-14-31(28,29)22-11-12-25-21(27)10-9-20(24-25)26-17(3)15-16(2)23-26/h5-10,15,22H,4,11-14H2,1-3H3. The van der Waals surface area contributed by atoms with E-state index in [4.69, 9.17) is 4.74 Å². The lowest BCUT2D eigenvalue weighted by Crippen LogP contribution is -2.34. The fraction of sp³-hybridized carbons (Fsp3) is 0.381. The molecule has 31 heavy (non-hydrogen) atoms. The van der Waals surface area contributed by atoms with Crippen molar-refractivity contribution in [3.05, 3.63) is 69.8 Å². The van der Waals surface area contributed by atoms with Gasteiger partial charge in [-0.2, -0.15) is 5.10 Å². The third-order valence-electron chi connectivity index (χ3n) is 4.68. The number of ether oxygens (including phenoxy) is 1. The maximum Gasteiger partial charge on any atom is 0.266 e. The van der Waals surface area contributed by atoms with E-state index in [1.165, 1.54) is 16.3 Å². The lowest BCUT2D eigenvalue weighted by Gasteiger charge is -2.10. The summed E-state index contributed by atoms with van der Waals surface area (Å²) < 4.78 is 35.3. The van der Waals surface area contributed by atoms with Crippen LogP contribution in [-0.2, 0) is 23.0 Å². The molecule has 0 aliphatic rings. The van der Waals surface area contributed by atoms with Gasteiger partial charge in [-0.25, -0.2) is 22.5 Å². The molecule has 0 fully saturated rings. The Labute approximate surface area is 181 Å². The highest BCUT2D eigenvalue weighted by atomic mass is 32.2. The fourth-order valence-electron chi connectivity index (χ4n) is 3.04. The van der Waals surface area contributed by atoms with Crippen molar-refractivity contribution < 1.29 is 13.2 Å². The minimum Gasteiger partial charge on any atom is -0.492 e. The van der Waals surface area contributed by atoms with Crippen LogP contribution in [0.3, 0.4) is 0 Å². The van der Waals surface area contributed by atoms with Crippen LogP contribution in [0.2, 0.25) is 0 Å². The van der Waals surface area contributed by atoms with Crippen LogP contribution in [-0.4, -0.2) is 46.9 Å². The molecule has 9 nitrogen and oxygen atoms in total. The Balaban J connectivity index is 1.53. The second-order valence-corrected chi connectivity index (χ2v) is 9.08. The number of nitrogens with one attached hydrogen (secondary N) is 1. The van der Waals surface area contributed by atoms with Gasteiger partial charge >= 0.3 is 0 Å². The van der Waals surface area contributed by atoms with Gasteiger partial charge in [-0.05, 0) is 50.1 Å². The van der Waals surface area contributed by atoms with Crippen molar-refractivity contribution in [1.29, 1.82) is 0 Å². The first-order valence-corrected chi connectivity index (χ1v) is 11.7. The summed E-state index contributed by atoms with van der Waals surface area (Å²) in [7, 11) is -3.55. The van der Waals surface area contributed by atoms with E-state index in [-0.39, 0.29) is 31.0 Å². The molecule has 3 rings (SSSR count). The van der Waals surface area contributed by atoms with Gasteiger partial charge in [0.15, 0.2) is 5.82 Å². The van der Waals surface area contributed by atoms with Crippen LogP contribution < -0.4 is 15.0 Å². The van der Waals surface area contributed by atoms with Gasteiger partial charge < -0.3 is 4.74 Å². The Morgan fingerprint density at radius 3 is 2.45 bits per heavy atom. The highest BCUT2D eigenvalue weighted by Crippen LogP contribution is 2.12. The maximum absolute atomic E-state index is 12.2. The summed E-state index contributed by atoms with van der Waals surface area (Å²) in [5.74, 6) is 0.941. The van der Waals surface area contributed by atoms with Crippen molar-refractivity contribution in [2.24, 2.45) is 0 Å². The summed E-state index contributed by atoms with van der Waals surface area (Å²) >= 11 is 0. The predicted molar refractivity (Wildman–Crippen MR) is 118 cm³/mol. The molecule has 166 valence electrons. The van der Waals surface area contributed by atoms with E-state index in [2.05, 4.69) is 21.8 Å². The van der Waals surface area contributed by atoms with Crippen molar-refractivity contribution in [3.8, 4) is 11.6 Å². The highest BCUT2D eigenvalue weighted by molar-refractivity contribution is 7.89. The largest absolute Gasteiger partial charge is 0.492 e. The van der Waals surface area contributed by atoms with E-state index >= 15 is 0 Å². The van der Waals surface area contributed by atoms with Crippen LogP contribution in [0.4, 0.5) is 0 Å². The molecular weight excluding hydrogens is 418 g/mol. The SMILES string of the molecule is CCc1ccc(OCCS(=O)(=O)NCCn2nc(-n3nc(C)cc3C)ccc2=O)cc1. The third-order valence-corrected chi connectivity index (χ3v) is 6.03. The molecule has 0 aliphatic carbocycles. The number of hydrogen-bond donors (Lipinski definition) is 1. The number of aryl methyl sites for hydroxylation is 3. The molecule has 0 spiro atoms. The quantitative estimate of drug-likeness (QED) is 0.508. The minimum absolute atomic E-state index is 0.0341. The molecule has 0 saturated heterocycles. The van der Waals surface area contributed by atoms with Crippen molar-refractivity contribution in [2.45, 2.75) is 33.7 Å². The van der Waals surface area contributed by atoms with Crippen LogP contribution in [0.25, 0.3) is 5.82 Å². The second-order valence-electron chi connectivity index (χ2n) is 7.15. The summed E-state index contributed by atoms with van der Waals surface area (Å²) in [5.41, 5.74) is 2.60. The lowest BCUT2D eigenvalue weighted by atomic mass is 10.2. The van der Waals surface area contributed by atoms with Gasteiger partial charge in [0.05, 0.1) is 18.0 Å². The number of aromatic nitrogens is 4. The van der Waals surface area contributed by atoms with Gasteiger partial charge in [-0.1, -0.05) is 19.1 Å². The number of benzene rings is 1. The van der Waals surface area contributed by atoms with Gasteiger partial charge in [0.25, 0.3) is 5.56 Å². The maximum atomic E-state index is 12.2. The Bertz CT molecular complexity index is 1180. The van der Waals surface area contributed by atoms with Gasteiger partial charge in [0.1, 0.15) is 12.4 Å². The van der Waals surface area contributed by atoms with E-state index in [0.29, 0.717) is 11.6 Å². The summed E-state index contributed by atoms with van der Waals surface area (Å²) in [6.07, 6.45) is 0.931. The Morgan fingerprint density at radius 1 is 1.06 bits per heavy atom. The molecular formula is C21H27N5O4S. The smallest absolute Gasteiger partial charge is 0.266 e. The van der Waals surface area contributed by atoms with Crippen LogP contribution in [0, 0.1) is 13.8 Å². The lowest BCUT2D eigenvalue weighted by molar-refractivity contribution is 0.340. The minimum atomic E-state index is -3.55. The molecule has 1 N–H and O–H groups in total. The van der Waals surface area contributed by atoms with Crippen molar-refractivity contribution in [1.82, 2.24) is 24.3 Å². The van der Waals surface area contributed by atoms with E-state index in [9.17, 15) is 13.2 Å². The zero-order valence-electron chi connectivity index (χ0n) is 17.9. The van der Waals surface area contributed by atoms with Crippen LogP contribution in [0.1, 0.15) is 23.9 Å². The molecule has 0 aliphatic heterocycles. The normalized spacial score (nSPS) is 11.6. The molecule has 1 aromatic carbocycles. The number of nitrogens with zero attached hydrogens (tertiary/aromatic N) is 4. The summed E-state index contributed by atoms with van der Waals surface area (Å²) in [4.78, 5) is 12.1. The fourth-order valence-corrected chi connectivity index (χ4v) is 3.89. The third kappa shape index (κ3) is 6.25. The first-order chi connectivity index (χ1) is 14.8. The first-order valence-electron chi connectivity index (χ1n) is 10.1. The zero-order valence-corrected chi connectivity index (χ0v) is 18.7. The van der Waals surface area contributed by atoms with Gasteiger partial charge in [0, 0.05) is 18.3 Å². The van der Waals surface area contributed by atoms with Crippen molar-refractivity contribution >= 4 is 10.0 Å². The number of rotatable bonds is 10. The predicted octanol–water partition coefficient (Wildman–Crippen LogP) is 1.61. The van der Waals surface area contributed by atoms with Crippen LogP contribution in [0.15, 0.2) is 47.3 Å². The Kier molecular flexibility index (Phi) is 7.24. The van der Waals surface area contributed by atoms with Gasteiger partial charge in [0.2, 0.25) is 10.0 Å². The van der Waals surface area contributed by atoms with E-state index in [1.54, 1.807) is 10.7 Å². The Hall–Kier alpha value is -2.98. The van der Waals surface area contributed by atoms with Gasteiger partial charge in [-0.3, -0.25) is 4.79 Å². The average molecular weight is 446 g/mol.